The number of hydrogen-bond acceptors (Lipinski definition) is 0. The van der Waals surface area contributed by atoms with E-state index >= 15 is 0 Å². The molecule has 0 fully saturated rings. The van der Waals surface area contributed by atoms with Crippen LogP contribution in [-0.4, -0.2) is 9.52 Å². The van der Waals surface area contributed by atoms with Crippen molar-refractivity contribution in [1.82, 2.24) is 0 Å². The summed E-state index contributed by atoms with van der Waals surface area (Å²) in [6.45, 7) is 23.3. The van der Waals surface area contributed by atoms with Gasteiger partial charge in [-0.2, -0.15) is 0 Å². The molecule has 0 saturated carbocycles. The summed E-state index contributed by atoms with van der Waals surface area (Å²) in [6.07, 6.45) is 6.92. The van der Waals surface area contributed by atoms with E-state index in [1.807, 2.05) is 0 Å². The van der Waals surface area contributed by atoms with Gasteiger partial charge in [-0.1, -0.05) is 0 Å². The van der Waals surface area contributed by atoms with Gasteiger partial charge in [0.2, 0.25) is 0 Å². The van der Waals surface area contributed by atoms with Crippen LogP contribution in [-0.2, 0) is 40.1 Å². The summed E-state index contributed by atoms with van der Waals surface area (Å²) < 4.78 is 1.04. The van der Waals surface area contributed by atoms with Crippen LogP contribution in [0.5, 0.6) is 0 Å². The van der Waals surface area contributed by atoms with Crippen LogP contribution in [0.1, 0.15) is 121 Å². The molecule has 0 bridgehead atoms. The maximum atomic E-state index is 9.29. The standard InChI is InChI=1S/2C22H25.C12H9Si.2ClH.Zr/c2*1-6-16-9-7-8-10-18(16)21-19-14-15(2)13-17(19)11-12-20(21)22(3,4)5;1-3-7-11-9(5-1)10-6-2-4-8-12(10)13-11;;;/h2*7-14H,6H2,1-5H3;1-7H,13H2;2*1H;/q;;;;;+2/p-2. The van der Waals surface area contributed by atoms with Gasteiger partial charge in [-0.15, -0.1) is 0 Å². The second-order valence-electron chi connectivity index (χ2n) is 20.0. The third-order valence-electron chi connectivity index (χ3n) is 14.2. The third kappa shape index (κ3) is 6.28. The van der Waals surface area contributed by atoms with E-state index in [1.54, 1.807) is 0 Å². The van der Waals surface area contributed by atoms with Crippen LogP contribution in [0.4, 0.5) is 0 Å². The summed E-state index contributed by atoms with van der Waals surface area (Å²) in [7, 11) is 17.7. The quantitative estimate of drug-likeness (QED) is 0.140. The molecule has 3 aliphatic rings. The molecule has 305 valence electrons. The third-order valence-corrected chi connectivity index (χ3v) is 37.4. The molecule has 0 saturated heterocycles. The number of hydrogen-bond donors (Lipinski definition) is 0. The Kier molecular flexibility index (Phi) is 10.3. The summed E-state index contributed by atoms with van der Waals surface area (Å²) in [5.74, 6) is 0. The molecule has 1 heterocycles. The number of rotatable bonds is 7. The predicted octanol–water partition coefficient (Wildman–Crippen LogP) is 13.8. The van der Waals surface area contributed by atoms with Crippen LogP contribution in [0.3, 0.4) is 0 Å². The van der Waals surface area contributed by atoms with E-state index in [-0.39, 0.29) is 18.1 Å². The fraction of sp³-hybridized carbons (Fsp3) is 0.286. The molecule has 6 aromatic carbocycles. The normalized spacial score (nSPS) is 18.0. The number of fused-ring (bicyclic) bond motifs is 5. The predicted molar refractivity (Wildman–Crippen MR) is 264 cm³/mol. The number of aryl methyl sites for hydroxylation is 2. The zero-order valence-electron chi connectivity index (χ0n) is 37.2. The molecule has 2 atom stereocenters. The topological polar surface area (TPSA) is 0 Å². The summed E-state index contributed by atoms with van der Waals surface area (Å²) in [5.41, 5.74) is 21.2. The Morgan fingerprint density at radius 1 is 0.517 bits per heavy atom. The Morgan fingerprint density at radius 3 is 1.42 bits per heavy atom. The van der Waals surface area contributed by atoms with Gasteiger partial charge in [0.25, 0.3) is 0 Å². The molecule has 0 N–H and O–H groups in total. The van der Waals surface area contributed by atoms with Gasteiger partial charge in [0, 0.05) is 0 Å². The Morgan fingerprint density at radius 2 is 0.950 bits per heavy atom. The molecule has 2 aliphatic carbocycles. The van der Waals surface area contributed by atoms with Crippen molar-refractivity contribution in [3.8, 4) is 33.4 Å². The Hall–Kier alpha value is -3.52. The van der Waals surface area contributed by atoms with Crippen molar-refractivity contribution in [2.45, 2.75) is 100 Å². The van der Waals surface area contributed by atoms with Crippen LogP contribution in [0.25, 0.3) is 45.5 Å². The summed E-state index contributed by atoms with van der Waals surface area (Å²) >= 11 is -5.62. The zero-order valence-corrected chi connectivity index (χ0v) is 42.5. The van der Waals surface area contributed by atoms with Crippen molar-refractivity contribution in [2.24, 2.45) is 0 Å². The van der Waals surface area contributed by atoms with Gasteiger partial charge in [-0.05, 0) is 0 Å². The molecule has 1 aliphatic heterocycles. The van der Waals surface area contributed by atoms with Gasteiger partial charge in [-0.3, -0.25) is 0 Å². The summed E-state index contributed by atoms with van der Waals surface area (Å²) in [5, 5.41) is 2.95. The molecule has 0 aromatic heterocycles. The van der Waals surface area contributed by atoms with E-state index in [9.17, 15) is 17.0 Å². The van der Waals surface area contributed by atoms with E-state index in [2.05, 4.69) is 197 Å². The van der Waals surface area contributed by atoms with Gasteiger partial charge < -0.3 is 0 Å². The zero-order chi connectivity index (χ0) is 42.5. The van der Waals surface area contributed by atoms with Gasteiger partial charge in [0.1, 0.15) is 0 Å². The van der Waals surface area contributed by atoms with Crippen LogP contribution in [0, 0.1) is 0 Å². The average Bonchev–Trinajstić information content (AvgIpc) is 3.89. The van der Waals surface area contributed by atoms with Crippen molar-refractivity contribution in [3.05, 3.63) is 171 Å². The van der Waals surface area contributed by atoms with Crippen molar-refractivity contribution in [3.63, 3.8) is 0 Å². The van der Waals surface area contributed by atoms with Crippen LogP contribution in [0.2, 0.25) is 0 Å². The van der Waals surface area contributed by atoms with Gasteiger partial charge in [-0.25, -0.2) is 0 Å². The molecule has 2 unspecified atom stereocenters. The second-order valence-corrected chi connectivity index (χ2v) is 42.4. The number of allylic oxidation sites excluding steroid dienone is 2. The SMILES string of the molecule is CCc1ccccc1-c1c(C(C)(C)C)ccc2c1C=C(C)[CH]2[Zr]([Cl])([Cl])([c]1cccc2c1[SiH2]c1ccccc1-2)[CH]1C(C)=Cc2c1ccc(C(C)(C)C)c2-c1ccccc1CC. The first kappa shape index (κ1) is 41.8. The Labute approximate surface area is 370 Å². The van der Waals surface area contributed by atoms with E-state index in [1.165, 1.54) is 103 Å². The molecule has 6 aromatic rings. The van der Waals surface area contributed by atoms with Crippen molar-refractivity contribution in [1.29, 1.82) is 0 Å². The summed E-state index contributed by atoms with van der Waals surface area (Å²) in [6, 6.07) is 43.8. The molecule has 60 heavy (non-hydrogen) atoms. The number of benzene rings is 6. The van der Waals surface area contributed by atoms with E-state index < -0.39 is 25.9 Å². The molecule has 0 nitrogen and oxygen atoms in total. The van der Waals surface area contributed by atoms with E-state index in [0.29, 0.717) is 0 Å². The second kappa shape index (κ2) is 14.8. The molecule has 4 heteroatoms. The summed E-state index contributed by atoms with van der Waals surface area (Å²) in [4.78, 5) is 0. The molecule has 9 rings (SSSR count). The van der Waals surface area contributed by atoms with Gasteiger partial charge >= 0.3 is 373 Å². The van der Waals surface area contributed by atoms with E-state index in [0.717, 1.165) is 12.8 Å². The van der Waals surface area contributed by atoms with Crippen LogP contribution >= 0.6 is 17.0 Å². The molecular weight excluding hydrogens is 863 g/mol. The molecule has 0 amide bonds. The van der Waals surface area contributed by atoms with Crippen molar-refractivity contribution < 1.29 is 16.4 Å². The fourth-order valence-corrected chi connectivity index (χ4v) is 40.5. The van der Waals surface area contributed by atoms with Crippen molar-refractivity contribution in [2.75, 3.05) is 0 Å². The minimum atomic E-state index is -5.62. The van der Waals surface area contributed by atoms with Gasteiger partial charge in [0.15, 0.2) is 0 Å². The monoisotopic (exact) mass is 919 g/mol. The van der Waals surface area contributed by atoms with Gasteiger partial charge in [0.05, 0.1) is 0 Å². The maximum absolute atomic E-state index is 9.29. The first-order chi connectivity index (χ1) is 28.5. The van der Waals surface area contributed by atoms with Crippen LogP contribution in [0.15, 0.2) is 126 Å². The number of halogens is 2. The Bertz CT molecular complexity index is 2670. The first-order valence-corrected chi connectivity index (χ1v) is 34.0. The van der Waals surface area contributed by atoms with E-state index in [4.69, 9.17) is 0 Å². The Balaban J connectivity index is 1.38. The molecular formula is C56H59Cl2SiZr. The van der Waals surface area contributed by atoms with Crippen LogP contribution < -0.4 is 13.6 Å². The fourth-order valence-electron chi connectivity index (χ4n) is 11.7. The average molecular weight is 922 g/mol. The molecule has 0 radical (unpaired) electrons. The first-order valence-electron chi connectivity index (χ1n) is 22.1. The minimum absolute atomic E-state index is 0.0672. The molecule has 0 spiro atoms. The van der Waals surface area contributed by atoms with Crippen molar-refractivity contribution >= 4 is 52.3 Å².